The standard InChI is InChI=1S/C21H41BNO2S.C8H10O/c1-8-20(12-16(2)3)13-17(21(23,14-20)15-24)10-9-11-22-25-18(4,5)19(6,7)26;1-9-7-8-5-3-2-4-6-8/h15-17,26H,8-14,23H2,1-7H3;2-6H,7H2,1H3. The van der Waals surface area contributed by atoms with Crippen molar-refractivity contribution in [3.63, 3.8) is 0 Å². The molecule has 1 aliphatic carbocycles. The molecule has 2 N–H and O–H groups in total. The Hall–Kier alpha value is -0.815. The summed E-state index contributed by atoms with van der Waals surface area (Å²) in [6.07, 6.45) is 8.07. The number of methoxy groups -OCH3 is 1. The fraction of sp³-hybridized carbons (Fsp3) is 0.759. The van der Waals surface area contributed by atoms with E-state index in [9.17, 15) is 4.79 Å². The molecule has 1 radical (unpaired) electrons. The van der Waals surface area contributed by atoms with Gasteiger partial charge in [-0.1, -0.05) is 70.3 Å². The van der Waals surface area contributed by atoms with E-state index in [0.29, 0.717) is 12.5 Å². The second-order valence-corrected chi connectivity index (χ2v) is 13.1. The van der Waals surface area contributed by atoms with Crippen molar-refractivity contribution in [3.05, 3.63) is 35.9 Å². The van der Waals surface area contributed by atoms with Crippen molar-refractivity contribution in [1.82, 2.24) is 0 Å². The van der Waals surface area contributed by atoms with Crippen LogP contribution in [0.3, 0.4) is 0 Å². The lowest BCUT2D eigenvalue weighted by Crippen LogP contribution is -2.45. The summed E-state index contributed by atoms with van der Waals surface area (Å²) in [7, 11) is 3.61. The fourth-order valence-electron chi connectivity index (χ4n) is 5.12. The van der Waals surface area contributed by atoms with E-state index in [4.69, 9.17) is 15.1 Å². The van der Waals surface area contributed by atoms with E-state index < -0.39 is 5.54 Å². The number of hydrogen-bond donors (Lipinski definition) is 2. The van der Waals surface area contributed by atoms with Gasteiger partial charge >= 0.3 is 0 Å². The molecule has 0 bridgehead atoms. The highest BCUT2D eigenvalue weighted by Crippen LogP contribution is 2.53. The first-order valence-corrected chi connectivity index (χ1v) is 13.7. The minimum atomic E-state index is -0.655. The number of aldehydes is 1. The van der Waals surface area contributed by atoms with Crippen LogP contribution in [-0.2, 0) is 20.8 Å². The molecule has 1 aliphatic rings. The van der Waals surface area contributed by atoms with Gasteiger partial charge in [-0.15, -0.1) is 0 Å². The maximum absolute atomic E-state index is 11.8. The van der Waals surface area contributed by atoms with Crippen LogP contribution in [0.1, 0.15) is 92.6 Å². The third-order valence-electron chi connectivity index (χ3n) is 7.81. The van der Waals surface area contributed by atoms with Crippen LogP contribution in [0.2, 0.25) is 6.32 Å². The minimum Gasteiger partial charge on any atom is -0.434 e. The number of nitrogens with two attached hydrogens (primary N) is 1. The lowest BCUT2D eigenvalue weighted by molar-refractivity contribution is -0.113. The first-order valence-electron chi connectivity index (χ1n) is 13.2. The Bertz CT molecular complexity index is 737. The molecular weight excluding hydrogens is 453 g/mol. The molecular formula is C29H51BNO3S. The molecule has 3 unspecified atom stereocenters. The Morgan fingerprint density at radius 2 is 1.86 bits per heavy atom. The summed E-state index contributed by atoms with van der Waals surface area (Å²) in [5, 5.41) is 0. The zero-order chi connectivity index (χ0) is 26.8. The highest BCUT2D eigenvalue weighted by molar-refractivity contribution is 7.81. The molecule has 0 aromatic heterocycles. The van der Waals surface area contributed by atoms with Gasteiger partial charge in [0.1, 0.15) is 6.29 Å². The van der Waals surface area contributed by atoms with Gasteiger partial charge in [-0.05, 0) is 76.2 Å². The van der Waals surface area contributed by atoms with Crippen molar-refractivity contribution in [2.24, 2.45) is 23.0 Å². The molecule has 0 aliphatic heterocycles. The van der Waals surface area contributed by atoms with Crippen LogP contribution in [0.4, 0.5) is 0 Å². The molecule has 199 valence electrons. The van der Waals surface area contributed by atoms with E-state index in [2.05, 4.69) is 61.1 Å². The Kier molecular flexibility index (Phi) is 13.1. The molecule has 0 spiro atoms. The number of carbonyl (C=O) groups excluding carboxylic acids is 1. The summed E-state index contributed by atoms with van der Waals surface area (Å²) in [5.41, 5.74) is 7.03. The van der Waals surface area contributed by atoms with Crippen LogP contribution in [-0.4, -0.2) is 36.8 Å². The molecule has 2 rings (SSSR count). The van der Waals surface area contributed by atoms with Crippen LogP contribution in [0, 0.1) is 17.3 Å². The summed E-state index contributed by atoms with van der Waals surface area (Å²) in [5.74, 6) is 0.916. The first kappa shape index (κ1) is 32.2. The van der Waals surface area contributed by atoms with Gasteiger partial charge in [0.05, 0.1) is 17.7 Å². The Balaban J connectivity index is 0.000000566. The zero-order valence-electron chi connectivity index (χ0n) is 23.6. The van der Waals surface area contributed by atoms with Gasteiger partial charge in [0.25, 0.3) is 7.48 Å². The summed E-state index contributed by atoms with van der Waals surface area (Å²) >= 11 is 4.62. The molecule has 0 heterocycles. The Morgan fingerprint density at radius 1 is 1.23 bits per heavy atom. The van der Waals surface area contributed by atoms with E-state index in [1.54, 1.807) is 7.11 Å². The molecule has 35 heavy (non-hydrogen) atoms. The smallest absolute Gasteiger partial charge is 0.293 e. The average molecular weight is 505 g/mol. The average Bonchev–Trinajstić information content (AvgIpc) is 3.06. The lowest BCUT2D eigenvalue weighted by atomic mass is 9.75. The Morgan fingerprint density at radius 3 is 2.34 bits per heavy atom. The summed E-state index contributed by atoms with van der Waals surface area (Å²) in [6.45, 7) is 15.7. The third-order valence-corrected chi connectivity index (χ3v) is 8.35. The van der Waals surface area contributed by atoms with Gasteiger partial charge < -0.3 is 19.9 Å². The molecule has 6 heteroatoms. The molecule has 0 amide bonds. The van der Waals surface area contributed by atoms with E-state index in [1.165, 1.54) is 5.56 Å². The fourth-order valence-corrected chi connectivity index (χ4v) is 5.18. The van der Waals surface area contributed by atoms with Gasteiger partial charge in [0.15, 0.2) is 0 Å². The van der Waals surface area contributed by atoms with E-state index in [0.717, 1.165) is 51.1 Å². The molecule has 1 saturated carbocycles. The van der Waals surface area contributed by atoms with E-state index in [1.807, 2.05) is 37.8 Å². The molecule has 0 saturated heterocycles. The predicted molar refractivity (Wildman–Crippen MR) is 153 cm³/mol. The van der Waals surface area contributed by atoms with E-state index in [-0.39, 0.29) is 21.7 Å². The summed E-state index contributed by atoms with van der Waals surface area (Å²) < 4.78 is 10.7. The van der Waals surface area contributed by atoms with Gasteiger partial charge in [-0.2, -0.15) is 12.6 Å². The number of carbonyl (C=O) groups is 1. The molecule has 1 aromatic rings. The highest BCUT2D eigenvalue weighted by atomic mass is 32.1. The Labute approximate surface area is 222 Å². The monoisotopic (exact) mass is 504 g/mol. The highest BCUT2D eigenvalue weighted by Gasteiger charge is 2.51. The number of rotatable bonds is 13. The van der Waals surface area contributed by atoms with Crippen molar-refractivity contribution >= 4 is 26.4 Å². The minimum absolute atomic E-state index is 0.212. The molecule has 4 nitrogen and oxygen atoms in total. The van der Waals surface area contributed by atoms with Gasteiger partial charge in [-0.3, -0.25) is 0 Å². The third kappa shape index (κ3) is 10.2. The zero-order valence-corrected chi connectivity index (χ0v) is 24.5. The van der Waals surface area contributed by atoms with Crippen LogP contribution >= 0.6 is 12.6 Å². The SMILES string of the molecule is CCC1(CC(C)C)CC(CCC[B]OC(C)(C)C(C)(C)S)C(N)(C=O)C1.COCc1ccccc1. The number of hydrogen-bond acceptors (Lipinski definition) is 5. The van der Waals surface area contributed by atoms with Gasteiger partial charge in [-0.25, -0.2) is 0 Å². The lowest BCUT2D eigenvalue weighted by Gasteiger charge is -2.38. The van der Waals surface area contributed by atoms with E-state index >= 15 is 0 Å². The van der Waals surface area contributed by atoms with Crippen molar-refractivity contribution in [1.29, 1.82) is 0 Å². The maximum atomic E-state index is 11.8. The molecule has 3 atom stereocenters. The van der Waals surface area contributed by atoms with Crippen LogP contribution < -0.4 is 5.73 Å². The van der Waals surface area contributed by atoms with Crippen LogP contribution in [0.15, 0.2) is 30.3 Å². The summed E-state index contributed by atoms with van der Waals surface area (Å²) in [6, 6.07) is 10.1. The molecule has 1 fully saturated rings. The first-order chi connectivity index (χ1) is 16.2. The van der Waals surface area contributed by atoms with Gasteiger partial charge in [0.2, 0.25) is 0 Å². The van der Waals surface area contributed by atoms with Crippen molar-refractivity contribution in [2.75, 3.05) is 7.11 Å². The molecule has 1 aromatic carbocycles. The van der Waals surface area contributed by atoms with Crippen molar-refractivity contribution < 1.29 is 14.2 Å². The van der Waals surface area contributed by atoms with Crippen LogP contribution in [0.5, 0.6) is 0 Å². The summed E-state index contributed by atoms with van der Waals surface area (Å²) in [4.78, 5) is 11.8. The van der Waals surface area contributed by atoms with Crippen molar-refractivity contribution in [3.8, 4) is 0 Å². The predicted octanol–water partition coefficient (Wildman–Crippen LogP) is 6.89. The second kappa shape index (κ2) is 14.2. The van der Waals surface area contributed by atoms with Gasteiger partial charge in [0, 0.05) is 11.9 Å². The number of benzene rings is 1. The van der Waals surface area contributed by atoms with Crippen molar-refractivity contribution in [2.45, 2.75) is 116 Å². The van der Waals surface area contributed by atoms with Crippen LogP contribution in [0.25, 0.3) is 0 Å². The quantitative estimate of drug-likeness (QED) is 0.133. The number of ether oxygens (including phenoxy) is 1. The largest absolute Gasteiger partial charge is 0.434 e. The maximum Gasteiger partial charge on any atom is 0.293 e. The normalized spacial score (nSPS) is 24.7. The second-order valence-electron chi connectivity index (χ2n) is 12.0. The topological polar surface area (TPSA) is 61.5 Å². The number of thiol groups is 1.